The van der Waals surface area contributed by atoms with Crippen LogP contribution in [0.5, 0.6) is 0 Å². The van der Waals surface area contributed by atoms with Gasteiger partial charge in [0, 0.05) is 18.9 Å². The minimum absolute atomic E-state index is 0.345. The Labute approximate surface area is 105 Å². The fraction of sp³-hybridized carbons (Fsp3) is 0.357. The summed E-state index contributed by atoms with van der Waals surface area (Å²) in [4.78, 5) is 11.2. The molecule has 0 saturated carbocycles. The first kappa shape index (κ1) is 12.6. The summed E-state index contributed by atoms with van der Waals surface area (Å²) in [6.45, 7) is 1.83. The van der Waals surface area contributed by atoms with Crippen LogP contribution in [0.1, 0.15) is 23.5 Å². The molecular weight excluding hydrogens is 232 g/mol. The van der Waals surface area contributed by atoms with Crippen LogP contribution in [0.15, 0.2) is 44.2 Å². The lowest BCUT2D eigenvalue weighted by Crippen LogP contribution is -2.13. The standard InChI is InChI=1S/C14H16O4/c1-10-7-13(18-14(16)8-10)9-11(15)4-5-12-3-2-6-17-12/h2-3,6-8,11,15H,4-5,9H2,1H3. The fourth-order valence-electron chi connectivity index (χ4n) is 1.87. The molecule has 4 heteroatoms. The number of aliphatic hydroxyl groups excluding tert-OH is 1. The summed E-state index contributed by atoms with van der Waals surface area (Å²) < 4.78 is 10.2. The minimum atomic E-state index is -0.542. The quantitative estimate of drug-likeness (QED) is 0.879. The number of furan rings is 1. The lowest BCUT2D eigenvalue weighted by molar-refractivity contribution is 0.154. The van der Waals surface area contributed by atoms with E-state index < -0.39 is 6.10 Å². The highest BCUT2D eigenvalue weighted by molar-refractivity contribution is 5.12. The molecule has 0 spiro atoms. The van der Waals surface area contributed by atoms with E-state index in [1.165, 1.54) is 6.07 Å². The number of hydrogen-bond acceptors (Lipinski definition) is 4. The van der Waals surface area contributed by atoms with Gasteiger partial charge in [-0.05, 0) is 37.1 Å². The maximum absolute atomic E-state index is 11.2. The summed E-state index contributed by atoms with van der Waals surface area (Å²) >= 11 is 0. The van der Waals surface area contributed by atoms with E-state index in [9.17, 15) is 9.90 Å². The zero-order valence-corrected chi connectivity index (χ0v) is 10.3. The van der Waals surface area contributed by atoms with E-state index in [1.54, 1.807) is 12.3 Å². The van der Waals surface area contributed by atoms with Gasteiger partial charge in [-0.25, -0.2) is 4.79 Å². The van der Waals surface area contributed by atoms with Crippen molar-refractivity contribution in [1.29, 1.82) is 0 Å². The molecule has 0 aliphatic rings. The molecule has 0 radical (unpaired) electrons. The van der Waals surface area contributed by atoms with Gasteiger partial charge in [-0.15, -0.1) is 0 Å². The molecule has 96 valence electrons. The van der Waals surface area contributed by atoms with Gasteiger partial charge in [0.25, 0.3) is 0 Å². The van der Waals surface area contributed by atoms with Crippen molar-refractivity contribution in [2.24, 2.45) is 0 Å². The fourth-order valence-corrected chi connectivity index (χ4v) is 1.87. The average molecular weight is 248 g/mol. The van der Waals surface area contributed by atoms with Gasteiger partial charge < -0.3 is 13.9 Å². The zero-order chi connectivity index (χ0) is 13.0. The summed E-state index contributed by atoms with van der Waals surface area (Å²) in [6.07, 6.45) is 2.66. The Balaban J connectivity index is 1.90. The first-order chi connectivity index (χ1) is 8.63. The second-order valence-electron chi connectivity index (χ2n) is 4.40. The van der Waals surface area contributed by atoms with Gasteiger partial charge in [0.2, 0.25) is 0 Å². The molecular formula is C14H16O4. The summed E-state index contributed by atoms with van der Waals surface area (Å²) in [5.74, 6) is 1.37. The van der Waals surface area contributed by atoms with Crippen molar-refractivity contribution < 1.29 is 13.9 Å². The van der Waals surface area contributed by atoms with Gasteiger partial charge in [0.1, 0.15) is 11.5 Å². The SMILES string of the molecule is Cc1cc(CC(O)CCc2ccco2)oc(=O)c1. The first-order valence-corrected chi connectivity index (χ1v) is 5.94. The summed E-state index contributed by atoms with van der Waals surface area (Å²) in [7, 11) is 0. The highest BCUT2D eigenvalue weighted by Crippen LogP contribution is 2.10. The molecule has 2 rings (SSSR count). The van der Waals surface area contributed by atoms with Crippen molar-refractivity contribution in [2.75, 3.05) is 0 Å². The van der Waals surface area contributed by atoms with Gasteiger partial charge >= 0.3 is 5.63 Å². The van der Waals surface area contributed by atoms with Crippen LogP contribution in [0, 0.1) is 6.92 Å². The first-order valence-electron chi connectivity index (χ1n) is 5.94. The smallest absolute Gasteiger partial charge is 0.336 e. The van der Waals surface area contributed by atoms with E-state index in [0.29, 0.717) is 25.0 Å². The van der Waals surface area contributed by atoms with Gasteiger partial charge in [0.05, 0.1) is 12.4 Å². The minimum Gasteiger partial charge on any atom is -0.469 e. The molecule has 0 aromatic carbocycles. The predicted octanol–water partition coefficient (Wildman–Crippen LogP) is 2.08. The highest BCUT2D eigenvalue weighted by atomic mass is 16.4. The topological polar surface area (TPSA) is 63.6 Å². The Kier molecular flexibility index (Phi) is 3.99. The summed E-state index contributed by atoms with van der Waals surface area (Å²) in [6, 6.07) is 6.90. The Morgan fingerprint density at radius 1 is 1.33 bits per heavy atom. The van der Waals surface area contributed by atoms with Crippen molar-refractivity contribution in [3.05, 3.63) is 58.0 Å². The van der Waals surface area contributed by atoms with Crippen molar-refractivity contribution in [1.82, 2.24) is 0 Å². The van der Waals surface area contributed by atoms with E-state index in [0.717, 1.165) is 11.3 Å². The van der Waals surface area contributed by atoms with Crippen LogP contribution in [0.2, 0.25) is 0 Å². The third-order valence-corrected chi connectivity index (χ3v) is 2.71. The van der Waals surface area contributed by atoms with Crippen LogP contribution in [0.4, 0.5) is 0 Å². The van der Waals surface area contributed by atoms with Crippen LogP contribution in [-0.4, -0.2) is 11.2 Å². The van der Waals surface area contributed by atoms with Crippen molar-refractivity contribution in [3.63, 3.8) is 0 Å². The molecule has 0 aliphatic carbocycles. The molecule has 0 amide bonds. The molecule has 0 fully saturated rings. The van der Waals surface area contributed by atoms with Crippen LogP contribution in [-0.2, 0) is 12.8 Å². The number of aryl methyl sites for hydroxylation is 2. The molecule has 0 aliphatic heterocycles. The van der Waals surface area contributed by atoms with E-state index in [2.05, 4.69) is 0 Å². The lowest BCUT2D eigenvalue weighted by atomic mass is 10.1. The van der Waals surface area contributed by atoms with Crippen molar-refractivity contribution in [3.8, 4) is 0 Å². The van der Waals surface area contributed by atoms with Gasteiger partial charge in [-0.2, -0.15) is 0 Å². The number of aliphatic hydroxyl groups is 1. The molecule has 0 bridgehead atoms. The maximum Gasteiger partial charge on any atom is 0.336 e. The van der Waals surface area contributed by atoms with Crippen LogP contribution in [0.3, 0.4) is 0 Å². The molecule has 18 heavy (non-hydrogen) atoms. The molecule has 2 aromatic heterocycles. The lowest BCUT2D eigenvalue weighted by Gasteiger charge is -2.08. The van der Waals surface area contributed by atoms with Gasteiger partial charge in [-0.3, -0.25) is 0 Å². The molecule has 1 atom stereocenters. The average Bonchev–Trinajstić information content (AvgIpc) is 2.77. The highest BCUT2D eigenvalue weighted by Gasteiger charge is 2.09. The second kappa shape index (κ2) is 5.69. The van der Waals surface area contributed by atoms with Crippen molar-refractivity contribution in [2.45, 2.75) is 32.3 Å². The molecule has 2 aromatic rings. The Morgan fingerprint density at radius 2 is 2.17 bits per heavy atom. The maximum atomic E-state index is 11.2. The van der Waals surface area contributed by atoms with E-state index in [4.69, 9.17) is 8.83 Å². The number of rotatable bonds is 5. The van der Waals surface area contributed by atoms with Crippen LogP contribution < -0.4 is 5.63 Å². The molecule has 1 N–H and O–H groups in total. The Hall–Kier alpha value is -1.81. The normalized spacial score (nSPS) is 12.6. The van der Waals surface area contributed by atoms with E-state index in [1.807, 2.05) is 19.1 Å². The predicted molar refractivity (Wildman–Crippen MR) is 66.5 cm³/mol. The molecule has 2 heterocycles. The Bertz CT molecular complexity index is 539. The third kappa shape index (κ3) is 3.60. The van der Waals surface area contributed by atoms with Gasteiger partial charge in [0.15, 0.2) is 0 Å². The van der Waals surface area contributed by atoms with Crippen LogP contribution in [0.25, 0.3) is 0 Å². The van der Waals surface area contributed by atoms with E-state index >= 15 is 0 Å². The third-order valence-electron chi connectivity index (χ3n) is 2.71. The largest absolute Gasteiger partial charge is 0.469 e. The van der Waals surface area contributed by atoms with Crippen molar-refractivity contribution >= 4 is 0 Å². The molecule has 1 unspecified atom stereocenters. The van der Waals surface area contributed by atoms with Crippen LogP contribution >= 0.6 is 0 Å². The zero-order valence-electron chi connectivity index (χ0n) is 10.3. The second-order valence-corrected chi connectivity index (χ2v) is 4.40. The molecule has 0 saturated heterocycles. The Morgan fingerprint density at radius 3 is 2.83 bits per heavy atom. The summed E-state index contributed by atoms with van der Waals surface area (Å²) in [5, 5.41) is 9.88. The molecule has 4 nitrogen and oxygen atoms in total. The van der Waals surface area contributed by atoms with Gasteiger partial charge in [-0.1, -0.05) is 0 Å². The summed E-state index contributed by atoms with van der Waals surface area (Å²) in [5.41, 5.74) is 0.475. The number of hydrogen-bond donors (Lipinski definition) is 1. The van der Waals surface area contributed by atoms with E-state index in [-0.39, 0.29) is 5.63 Å². The monoisotopic (exact) mass is 248 g/mol.